The molecule has 0 saturated heterocycles. The van der Waals surface area contributed by atoms with E-state index in [0.29, 0.717) is 24.1 Å². The number of nitrogens with zero attached hydrogens (tertiary/aromatic N) is 2. The monoisotopic (exact) mass is 400 g/mol. The van der Waals surface area contributed by atoms with Gasteiger partial charge in [0.05, 0.1) is 17.8 Å². The molecule has 156 valence electrons. The van der Waals surface area contributed by atoms with Gasteiger partial charge in [-0.3, -0.25) is 14.8 Å². The normalized spacial score (nSPS) is 21.0. The molecule has 0 aromatic carbocycles. The third-order valence-electron chi connectivity index (χ3n) is 5.17. The van der Waals surface area contributed by atoms with Crippen molar-refractivity contribution in [3.63, 3.8) is 0 Å². The Hall–Kier alpha value is -2.96. The first-order chi connectivity index (χ1) is 13.7. The molecule has 29 heavy (non-hydrogen) atoms. The minimum absolute atomic E-state index is 0.256. The van der Waals surface area contributed by atoms with E-state index in [1.807, 2.05) is 19.9 Å². The van der Waals surface area contributed by atoms with Gasteiger partial charge in [0.1, 0.15) is 0 Å². The van der Waals surface area contributed by atoms with E-state index in [1.165, 1.54) is 6.20 Å². The maximum Gasteiger partial charge on any atom is 0.308 e. The molecule has 2 atom stereocenters. The van der Waals surface area contributed by atoms with Gasteiger partial charge in [0.25, 0.3) is 0 Å². The molecule has 0 amide bonds. The summed E-state index contributed by atoms with van der Waals surface area (Å²) >= 11 is 0. The van der Waals surface area contributed by atoms with Gasteiger partial charge in [0.2, 0.25) is 0 Å². The number of aryl methyl sites for hydroxylation is 2. The zero-order valence-electron chi connectivity index (χ0n) is 17.2. The van der Waals surface area contributed by atoms with Gasteiger partial charge in [-0.05, 0) is 45.2 Å². The summed E-state index contributed by atoms with van der Waals surface area (Å²) in [7, 11) is 0. The number of nitrogens with two attached hydrogens (primary N) is 1. The zero-order valence-corrected chi connectivity index (χ0v) is 17.2. The average Bonchev–Trinajstić information content (AvgIpc) is 2.69. The Morgan fingerprint density at radius 1 is 1.41 bits per heavy atom. The molecule has 7 heteroatoms. The second kappa shape index (κ2) is 10.0. The second-order valence-corrected chi connectivity index (χ2v) is 7.38. The summed E-state index contributed by atoms with van der Waals surface area (Å²) in [4.78, 5) is 19.8. The quantitative estimate of drug-likeness (QED) is 0.474. The molecule has 1 aliphatic carbocycles. The standard InChI is InChI=1S/C22H29FN4O2/c1-13-9-18(14(2)25-11-13)19(10-24)15(3)26-12-20(23)16(4)27-21-8-6-5-7-17(21)22(28)29/h9-12,17,21,27H,3,5-8,24H2,1-2,4H3,(H,28,29)/b19-10-,20-16-,26-12-/t17?,21-/m1/s1. The van der Waals surface area contributed by atoms with Crippen LogP contribution in [-0.2, 0) is 4.79 Å². The van der Waals surface area contributed by atoms with Crippen LogP contribution in [0.5, 0.6) is 0 Å². The molecule has 0 radical (unpaired) electrons. The van der Waals surface area contributed by atoms with Gasteiger partial charge >= 0.3 is 5.97 Å². The Bertz CT molecular complexity index is 874. The highest BCUT2D eigenvalue weighted by molar-refractivity contribution is 5.84. The highest BCUT2D eigenvalue weighted by atomic mass is 19.1. The van der Waals surface area contributed by atoms with Crippen LogP contribution in [0.1, 0.15) is 49.4 Å². The van der Waals surface area contributed by atoms with E-state index in [2.05, 4.69) is 21.9 Å². The highest BCUT2D eigenvalue weighted by Gasteiger charge is 2.30. The van der Waals surface area contributed by atoms with Gasteiger partial charge in [-0.1, -0.05) is 19.4 Å². The Morgan fingerprint density at radius 2 is 2.10 bits per heavy atom. The van der Waals surface area contributed by atoms with Crippen LogP contribution in [0.2, 0.25) is 0 Å². The molecule has 0 aliphatic heterocycles. The van der Waals surface area contributed by atoms with Crippen molar-refractivity contribution in [2.24, 2.45) is 16.6 Å². The molecule has 1 fully saturated rings. The van der Waals surface area contributed by atoms with Crippen molar-refractivity contribution >= 4 is 17.8 Å². The average molecular weight is 400 g/mol. The molecule has 6 nitrogen and oxygen atoms in total. The molecule has 1 heterocycles. The van der Waals surface area contributed by atoms with Crippen LogP contribution in [0.15, 0.2) is 47.3 Å². The number of hydrogen-bond donors (Lipinski definition) is 3. The molecule has 1 aliphatic rings. The number of aliphatic imine (C=N–C) groups is 1. The number of nitrogens with one attached hydrogen (secondary N) is 1. The zero-order chi connectivity index (χ0) is 21.6. The summed E-state index contributed by atoms with van der Waals surface area (Å²) in [5.41, 5.74) is 9.43. The van der Waals surface area contributed by atoms with Gasteiger partial charge in [-0.15, -0.1) is 0 Å². The number of carbonyl (C=O) groups is 1. The van der Waals surface area contributed by atoms with E-state index in [0.717, 1.165) is 35.9 Å². The third kappa shape index (κ3) is 5.76. The fraction of sp³-hybridized carbons (Fsp3) is 0.409. The maximum atomic E-state index is 14.6. The lowest BCUT2D eigenvalue weighted by Crippen LogP contribution is -2.41. The first-order valence-corrected chi connectivity index (χ1v) is 9.69. The van der Waals surface area contributed by atoms with E-state index in [9.17, 15) is 14.3 Å². The van der Waals surface area contributed by atoms with Gasteiger partial charge in [0, 0.05) is 41.0 Å². The summed E-state index contributed by atoms with van der Waals surface area (Å²) in [6.07, 6.45) is 7.32. The van der Waals surface area contributed by atoms with Crippen molar-refractivity contribution in [2.45, 2.75) is 52.5 Å². The first kappa shape index (κ1) is 22.3. The molecule has 0 spiro atoms. The Balaban J connectivity index is 2.14. The second-order valence-electron chi connectivity index (χ2n) is 7.38. The number of hydrogen-bond acceptors (Lipinski definition) is 5. The van der Waals surface area contributed by atoms with Crippen LogP contribution in [0.4, 0.5) is 4.39 Å². The van der Waals surface area contributed by atoms with Crippen molar-refractivity contribution in [3.05, 3.63) is 59.1 Å². The molecule has 0 bridgehead atoms. The number of aromatic nitrogens is 1. The largest absolute Gasteiger partial charge is 0.481 e. The number of carboxylic acid groups (broad SMARTS) is 1. The third-order valence-corrected chi connectivity index (χ3v) is 5.17. The van der Waals surface area contributed by atoms with Crippen LogP contribution in [0.25, 0.3) is 5.57 Å². The van der Waals surface area contributed by atoms with Crippen molar-refractivity contribution in [1.29, 1.82) is 0 Å². The molecule has 1 unspecified atom stereocenters. The number of halogens is 1. The fourth-order valence-electron chi connectivity index (χ4n) is 3.50. The lowest BCUT2D eigenvalue weighted by Gasteiger charge is -2.30. The van der Waals surface area contributed by atoms with Crippen molar-refractivity contribution < 1.29 is 14.3 Å². The summed E-state index contributed by atoms with van der Waals surface area (Å²) in [5.74, 6) is -1.93. The van der Waals surface area contributed by atoms with Crippen molar-refractivity contribution in [2.75, 3.05) is 0 Å². The van der Waals surface area contributed by atoms with Crippen molar-refractivity contribution in [1.82, 2.24) is 10.3 Å². The molecular weight excluding hydrogens is 371 g/mol. The lowest BCUT2D eigenvalue weighted by atomic mass is 9.84. The van der Waals surface area contributed by atoms with Crippen LogP contribution >= 0.6 is 0 Å². The van der Waals surface area contributed by atoms with Crippen LogP contribution < -0.4 is 11.1 Å². The van der Waals surface area contributed by atoms with E-state index < -0.39 is 17.7 Å². The molecule has 1 aromatic rings. The Labute approximate surface area is 171 Å². The summed E-state index contributed by atoms with van der Waals surface area (Å²) in [6, 6.07) is 1.64. The van der Waals surface area contributed by atoms with Crippen LogP contribution in [0.3, 0.4) is 0 Å². The fourth-order valence-corrected chi connectivity index (χ4v) is 3.50. The Morgan fingerprint density at radius 3 is 2.76 bits per heavy atom. The SMILES string of the molecule is C=C(/N=C\C(F)=C(/C)N[C@@H]1CCCCC1C(=O)O)/C(=C/N)c1cc(C)cnc1C. The molecule has 4 N–H and O–H groups in total. The molecule has 2 rings (SSSR count). The minimum Gasteiger partial charge on any atom is -0.481 e. The molecule has 1 saturated carbocycles. The van der Waals surface area contributed by atoms with Crippen LogP contribution in [0, 0.1) is 19.8 Å². The number of carboxylic acids is 1. The summed E-state index contributed by atoms with van der Waals surface area (Å²) in [5, 5.41) is 12.4. The first-order valence-electron chi connectivity index (χ1n) is 9.69. The van der Waals surface area contributed by atoms with Gasteiger partial charge in [0.15, 0.2) is 5.83 Å². The Kier molecular flexibility index (Phi) is 7.70. The predicted molar refractivity (Wildman–Crippen MR) is 114 cm³/mol. The van der Waals surface area contributed by atoms with E-state index in [1.54, 1.807) is 13.1 Å². The smallest absolute Gasteiger partial charge is 0.308 e. The highest BCUT2D eigenvalue weighted by Crippen LogP contribution is 2.27. The minimum atomic E-state index is -0.850. The maximum absolute atomic E-state index is 14.6. The topological polar surface area (TPSA) is 101 Å². The van der Waals surface area contributed by atoms with Gasteiger partial charge < -0.3 is 16.2 Å². The summed E-state index contributed by atoms with van der Waals surface area (Å²) in [6.45, 7) is 9.24. The van der Waals surface area contributed by atoms with Crippen molar-refractivity contribution in [3.8, 4) is 0 Å². The predicted octanol–water partition coefficient (Wildman–Crippen LogP) is 4.02. The summed E-state index contributed by atoms with van der Waals surface area (Å²) < 4.78 is 14.6. The van der Waals surface area contributed by atoms with E-state index >= 15 is 0 Å². The molecular formula is C22H29FN4O2. The van der Waals surface area contributed by atoms with Gasteiger partial charge in [-0.25, -0.2) is 4.39 Å². The number of rotatable bonds is 7. The number of aliphatic carboxylic acids is 1. The van der Waals surface area contributed by atoms with Gasteiger partial charge in [-0.2, -0.15) is 0 Å². The molecule has 1 aromatic heterocycles. The van der Waals surface area contributed by atoms with E-state index in [-0.39, 0.29) is 11.7 Å². The lowest BCUT2D eigenvalue weighted by molar-refractivity contribution is -0.143. The van der Waals surface area contributed by atoms with E-state index in [4.69, 9.17) is 5.73 Å². The number of pyridine rings is 1. The number of allylic oxidation sites excluding steroid dienone is 3. The van der Waals surface area contributed by atoms with Crippen LogP contribution in [-0.4, -0.2) is 28.3 Å².